The summed E-state index contributed by atoms with van der Waals surface area (Å²) in [6.45, 7) is 17.5. The van der Waals surface area contributed by atoms with Crippen molar-refractivity contribution in [1.29, 1.82) is 0 Å². The number of hydrogen-bond donors (Lipinski definition) is 0. The summed E-state index contributed by atoms with van der Waals surface area (Å²) in [6.07, 6.45) is 0.578. The van der Waals surface area contributed by atoms with Crippen molar-refractivity contribution in [2.24, 2.45) is 0 Å². The fraction of sp³-hybridized carbons (Fsp3) is 0.913. The molecular formula is C23H42N4O5. The van der Waals surface area contributed by atoms with E-state index in [0.29, 0.717) is 38.6 Å². The van der Waals surface area contributed by atoms with Gasteiger partial charge in [-0.05, 0) is 61.4 Å². The van der Waals surface area contributed by atoms with E-state index >= 15 is 0 Å². The molecule has 0 aromatic carbocycles. The molecule has 0 saturated carbocycles. The first-order valence-electron chi connectivity index (χ1n) is 11.8. The lowest BCUT2D eigenvalue weighted by Crippen LogP contribution is -2.69. The Balaban J connectivity index is 1.45. The first kappa shape index (κ1) is 25.1. The maximum absolute atomic E-state index is 12.9. The van der Waals surface area contributed by atoms with E-state index in [2.05, 4.69) is 23.6 Å². The standard InChI is InChI=1S/C23H42N4O5/c1-18(2)25-10-12-26(13-11-25)19(28)31-21(3,4)8-9-22(5,6)32-20(29)27-17-30-16-23(27)14-24(7)15-23/h18H,8-17H2,1-7H3. The molecule has 3 saturated heterocycles. The second kappa shape index (κ2) is 9.35. The average molecular weight is 455 g/mol. The van der Waals surface area contributed by atoms with Gasteiger partial charge in [0, 0.05) is 45.3 Å². The van der Waals surface area contributed by atoms with E-state index < -0.39 is 11.2 Å². The summed E-state index contributed by atoms with van der Waals surface area (Å²) in [5.74, 6) is 0. The van der Waals surface area contributed by atoms with Gasteiger partial charge in [0.2, 0.25) is 0 Å². The molecule has 0 aliphatic carbocycles. The maximum Gasteiger partial charge on any atom is 0.412 e. The highest BCUT2D eigenvalue weighted by molar-refractivity contribution is 5.70. The second-order valence-corrected chi connectivity index (χ2v) is 11.2. The molecule has 0 bridgehead atoms. The molecule has 9 nitrogen and oxygen atoms in total. The molecule has 0 radical (unpaired) electrons. The maximum atomic E-state index is 12.9. The van der Waals surface area contributed by atoms with Crippen molar-refractivity contribution in [1.82, 2.24) is 19.6 Å². The number of piperazine rings is 1. The molecule has 9 heteroatoms. The monoisotopic (exact) mass is 454 g/mol. The fourth-order valence-electron chi connectivity index (χ4n) is 4.73. The Hall–Kier alpha value is -1.58. The van der Waals surface area contributed by atoms with Crippen LogP contribution >= 0.6 is 0 Å². The van der Waals surface area contributed by atoms with Crippen LogP contribution in [0.5, 0.6) is 0 Å². The molecule has 0 atom stereocenters. The third kappa shape index (κ3) is 5.85. The van der Waals surface area contributed by atoms with E-state index in [1.807, 2.05) is 34.7 Å². The van der Waals surface area contributed by atoms with Gasteiger partial charge in [-0.15, -0.1) is 0 Å². The summed E-state index contributed by atoms with van der Waals surface area (Å²) in [4.78, 5) is 33.6. The molecule has 3 rings (SSSR count). The van der Waals surface area contributed by atoms with Crippen molar-refractivity contribution in [3.8, 4) is 0 Å². The van der Waals surface area contributed by atoms with Gasteiger partial charge in [-0.2, -0.15) is 0 Å². The second-order valence-electron chi connectivity index (χ2n) is 11.2. The van der Waals surface area contributed by atoms with E-state index in [0.717, 1.165) is 26.2 Å². The van der Waals surface area contributed by atoms with Gasteiger partial charge in [-0.1, -0.05) is 0 Å². The largest absolute Gasteiger partial charge is 0.443 e. The van der Waals surface area contributed by atoms with Crippen LogP contribution in [0.15, 0.2) is 0 Å². The smallest absolute Gasteiger partial charge is 0.412 e. The van der Waals surface area contributed by atoms with Gasteiger partial charge >= 0.3 is 12.2 Å². The summed E-state index contributed by atoms with van der Waals surface area (Å²) < 4.78 is 17.3. The number of hydrogen-bond acceptors (Lipinski definition) is 7. The molecule has 0 aromatic heterocycles. The molecule has 3 aliphatic rings. The van der Waals surface area contributed by atoms with Crippen LogP contribution < -0.4 is 0 Å². The normalized spacial score (nSPS) is 22.4. The molecule has 3 heterocycles. The van der Waals surface area contributed by atoms with E-state index in [1.54, 1.807) is 9.80 Å². The van der Waals surface area contributed by atoms with Crippen LogP contribution in [0.25, 0.3) is 0 Å². The molecule has 1 spiro atoms. The lowest BCUT2D eigenvalue weighted by molar-refractivity contribution is -0.0514. The summed E-state index contributed by atoms with van der Waals surface area (Å²) in [5.41, 5.74) is -1.58. The van der Waals surface area contributed by atoms with Crippen LogP contribution in [0.3, 0.4) is 0 Å². The van der Waals surface area contributed by atoms with Gasteiger partial charge in [0.1, 0.15) is 17.9 Å². The van der Waals surface area contributed by atoms with Crippen molar-refractivity contribution in [2.75, 3.05) is 59.7 Å². The first-order valence-corrected chi connectivity index (χ1v) is 11.8. The van der Waals surface area contributed by atoms with Crippen LogP contribution in [0.4, 0.5) is 9.59 Å². The number of amides is 2. The summed E-state index contributed by atoms with van der Waals surface area (Å²) in [6, 6.07) is 0.488. The Labute approximate surface area is 192 Å². The zero-order chi connectivity index (χ0) is 23.7. The van der Waals surface area contributed by atoms with Crippen molar-refractivity contribution >= 4 is 12.2 Å². The fourth-order valence-corrected chi connectivity index (χ4v) is 4.73. The first-order chi connectivity index (χ1) is 14.8. The number of rotatable bonds is 6. The van der Waals surface area contributed by atoms with Gasteiger partial charge in [0.25, 0.3) is 0 Å². The number of carbonyl (C=O) groups is 2. The Morgan fingerprint density at radius 3 is 1.97 bits per heavy atom. The van der Waals surface area contributed by atoms with Crippen LogP contribution in [-0.2, 0) is 14.2 Å². The molecule has 0 N–H and O–H groups in total. The van der Waals surface area contributed by atoms with Crippen molar-refractivity contribution in [3.05, 3.63) is 0 Å². The highest BCUT2D eigenvalue weighted by atomic mass is 16.6. The zero-order valence-electron chi connectivity index (χ0n) is 21.0. The third-order valence-electron chi connectivity index (χ3n) is 6.87. The Morgan fingerprint density at radius 1 is 0.938 bits per heavy atom. The molecule has 184 valence electrons. The summed E-state index contributed by atoms with van der Waals surface area (Å²) in [7, 11) is 2.03. The molecule has 2 amide bonds. The van der Waals surface area contributed by atoms with Crippen molar-refractivity contribution in [3.63, 3.8) is 0 Å². The summed E-state index contributed by atoms with van der Waals surface area (Å²) >= 11 is 0. The van der Waals surface area contributed by atoms with Gasteiger partial charge in [0.15, 0.2) is 0 Å². The van der Waals surface area contributed by atoms with E-state index in [9.17, 15) is 9.59 Å². The van der Waals surface area contributed by atoms with Crippen LogP contribution in [0, 0.1) is 0 Å². The quantitative estimate of drug-likeness (QED) is 0.611. The number of likely N-dealkylation sites (tertiary alicyclic amines) is 1. The molecule has 0 unspecified atom stereocenters. The predicted octanol–water partition coefficient (Wildman–Crippen LogP) is 2.60. The third-order valence-corrected chi connectivity index (χ3v) is 6.87. The molecule has 0 aromatic rings. The summed E-state index contributed by atoms with van der Waals surface area (Å²) in [5, 5.41) is 0. The van der Waals surface area contributed by atoms with Gasteiger partial charge in [-0.25, -0.2) is 9.59 Å². The lowest BCUT2D eigenvalue weighted by Gasteiger charge is -2.49. The van der Waals surface area contributed by atoms with Crippen LogP contribution in [0.1, 0.15) is 54.4 Å². The van der Waals surface area contributed by atoms with Gasteiger partial charge < -0.3 is 24.0 Å². The Bertz CT molecular complexity index is 682. The minimum atomic E-state index is -0.678. The number of ether oxygens (including phenoxy) is 3. The van der Waals surface area contributed by atoms with Crippen molar-refractivity contribution < 1.29 is 23.8 Å². The highest BCUT2D eigenvalue weighted by Gasteiger charge is 2.53. The zero-order valence-corrected chi connectivity index (χ0v) is 21.0. The molecule has 32 heavy (non-hydrogen) atoms. The number of carbonyl (C=O) groups excluding carboxylic acids is 2. The minimum absolute atomic E-state index is 0.254. The molecular weight excluding hydrogens is 412 g/mol. The van der Waals surface area contributed by atoms with Gasteiger partial charge in [-0.3, -0.25) is 9.80 Å². The van der Waals surface area contributed by atoms with Gasteiger partial charge in [0.05, 0.1) is 12.1 Å². The highest BCUT2D eigenvalue weighted by Crippen LogP contribution is 2.34. The SMILES string of the molecule is CC(C)N1CCN(C(=O)OC(C)(C)CCC(C)(C)OC(=O)N2COCC23CN(C)C3)CC1. The molecule has 3 fully saturated rings. The lowest BCUT2D eigenvalue weighted by atomic mass is 9.90. The minimum Gasteiger partial charge on any atom is -0.443 e. The molecule has 3 aliphatic heterocycles. The van der Waals surface area contributed by atoms with Crippen LogP contribution in [-0.4, -0.2) is 114 Å². The van der Waals surface area contributed by atoms with E-state index in [1.165, 1.54) is 0 Å². The Kier molecular flexibility index (Phi) is 7.32. The van der Waals surface area contributed by atoms with Crippen molar-refractivity contribution in [2.45, 2.75) is 77.2 Å². The predicted molar refractivity (Wildman–Crippen MR) is 122 cm³/mol. The number of nitrogens with zero attached hydrogens (tertiary/aromatic N) is 4. The van der Waals surface area contributed by atoms with Crippen LogP contribution in [0.2, 0.25) is 0 Å². The van der Waals surface area contributed by atoms with E-state index in [-0.39, 0.29) is 24.5 Å². The average Bonchev–Trinajstić information content (AvgIpc) is 3.11. The van der Waals surface area contributed by atoms with E-state index in [4.69, 9.17) is 14.2 Å². The Morgan fingerprint density at radius 2 is 1.47 bits per heavy atom. The number of likely N-dealkylation sites (N-methyl/N-ethyl adjacent to an activating group) is 1. The topological polar surface area (TPSA) is 74.8 Å².